The van der Waals surface area contributed by atoms with Crippen molar-refractivity contribution in [2.75, 3.05) is 29.5 Å². The number of phenolic OH excluding ortho intramolecular Hbond substituents is 1. The highest BCUT2D eigenvalue weighted by molar-refractivity contribution is 8.01. The minimum atomic E-state index is -1.24. The number of nitrogens with one attached hydrogen (secondary N) is 2. The van der Waals surface area contributed by atoms with Crippen molar-refractivity contribution < 1.29 is 29.4 Å². The molecule has 6 rings (SSSR count). The van der Waals surface area contributed by atoms with E-state index in [1.807, 2.05) is 6.92 Å². The summed E-state index contributed by atoms with van der Waals surface area (Å²) in [6, 6.07) is 10.5. The molecule has 0 saturated carbocycles. The average Bonchev–Trinajstić information content (AvgIpc) is 3.59. The van der Waals surface area contributed by atoms with E-state index in [1.165, 1.54) is 68.9 Å². The standard InChI is InChI=1S/C27H25N7O7S3/c1-14-30-31-26(44-14)43-13-27(23(38)39)11-32-21(37)20(22(32)42-12-27)33(15-6-8-16(35)9-7-15)19(36)10-28-24(40)34-18-5-3-2-4-17(18)29-25(34)41/h2-9,20,22,35H,10-13H2,1H3,(H,28,40)(H,29,41)(H,38,39)/t20?,22-,27?/m1/s1. The molecule has 4 heterocycles. The number of aromatic hydroxyl groups is 1. The predicted molar refractivity (Wildman–Crippen MR) is 164 cm³/mol. The Kier molecular flexibility index (Phi) is 7.85. The van der Waals surface area contributed by atoms with E-state index >= 15 is 0 Å². The Labute approximate surface area is 261 Å². The summed E-state index contributed by atoms with van der Waals surface area (Å²) in [6.45, 7) is 1.23. The number of para-hydroxylation sites is 2. The molecule has 4 aromatic rings. The van der Waals surface area contributed by atoms with E-state index < -0.39 is 52.9 Å². The van der Waals surface area contributed by atoms with Crippen LogP contribution >= 0.6 is 34.9 Å². The molecule has 2 unspecified atom stereocenters. The largest absolute Gasteiger partial charge is 0.508 e. The molecule has 3 amide bonds. The van der Waals surface area contributed by atoms with Crippen LogP contribution in [0.25, 0.3) is 11.0 Å². The summed E-state index contributed by atoms with van der Waals surface area (Å²) in [6.07, 6.45) is 0. The number of β-lactam (4-membered cyclic amide) rings is 1. The lowest BCUT2D eigenvalue weighted by atomic mass is 9.89. The molecule has 2 aromatic carbocycles. The molecule has 14 nitrogen and oxygen atoms in total. The van der Waals surface area contributed by atoms with E-state index in [1.54, 1.807) is 24.3 Å². The lowest BCUT2D eigenvalue weighted by molar-refractivity contribution is -0.156. The van der Waals surface area contributed by atoms with Crippen molar-refractivity contribution in [2.45, 2.75) is 22.7 Å². The van der Waals surface area contributed by atoms with Crippen LogP contribution in [0.4, 0.5) is 10.5 Å². The first-order valence-corrected chi connectivity index (χ1v) is 16.1. The Bertz CT molecular complexity index is 1840. The number of thioether (sulfide) groups is 2. The van der Waals surface area contributed by atoms with Crippen LogP contribution in [0.5, 0.6) is 5.75 Å². The number of H-pyrrole nitrogens is 1. The number of hydrogen-bond acceptors (Lipinski definition) is 11. The number of aromatic nitrogens is 4. The van der Waals surface area contributed by atoms with Crippen LogP contribution in [0.15, 0.2) is 57.7 Å². The van der Waals surface area contributed by atoms with Gasteiger partial charge in [-0.1, -0.05) is 35.2 Å². The third kappa shape index (κ3) is 5.30. The average molecular weight is 656 g/mol. The molecular formula is C27H25N7O7S3. The zero-order chi connectivity index (χ0) is 31.2. The second kappa shape index (κ2) is 11.6. The Hall–Kier alpha value is -4.35. The van der Waals surface area contributed by atoms with Crippen LogP contribution in [0.2, 0.25) is 0 Å². The number of aryl methyl sites for hydroxylation is 1. The summed E-state index contributed by atoms with van der Waals surface area (Å²) in [5, 5.41) is 30.7. The Morgan fingerprint density at radius 2 is 1.91 bits per heavy atom. The van der Waals surface area contributed by atoms with Crippen molar-refractivity contribution in [3.8, 4) is 5.75 Å². The van der Waals surface area contributed by atoms with Gasteiger partial charge < -0.3 is 25.4 Å². The van der Waals surface area contributed by atoms with Crippen molar-refractivity contribution in [1.29, 1.82) is 0 Å². The van der Waals surface area contributed by atoms with Gasteiger partial charge in [-0.3, -0.25) is 19.3 Å². The molecule has 2 aromatic heterocycles. The maximum atomic E-state index is 13.7. The van der Waals surface area contributed by atoms with Crippen LogP contribution in [0, 0.1) is 12.3 Å². The third-order valence-corrected chi connectivity index (χ3v) is 11.2. The highest BCUT2D eigenvalue weighted by Gasteiger charge is 2.59. The number of carboxylic acid groups (broad SMARTS) is 1. The van der Waals surface area contributed by atoms with E-state index in [-0.39, 0.29) is 23.8 Å². The second-order valence-corrected chi connectivity index (χ2v) is 13.8. The molecular weight excluding hydrogens is 631 g/mol. The summed E-state index contributed by atoms with van der Waals surface area (Å²) in [5.74, 6) is -1.77. The maximum absolute atomic E-state index is 13.7. The highest BCUT2D eigenvalue weighted by atomic mass is 32.2. The normalized spacial score (nSPS) is 21.0. The molecule has 2 saturated heterocycles. The number of amides is 3. The van der Waals surface area contributed by atoms with Gasteiger partial charge in [0.2, 0.25) is 11.8 Å². The van der Waals surface area contributed by atoms with Gasteiger partial charge in [0.25, 0.3) is 0 Å². The quantitative estimate of drug-likeness (QED) is 0.160. The molecule has 4 N–H and O–H groups in total. The van der Waals surface area contributed by atoms with Crippen molar-refractivity contribution in [3.63, 3.8) is 0 Å². The molecule has 228 valence electrons. The number of nitrogens with zero attached hydrogens (tertiary/aromatic N) is 5. The van der Waals surface area contributed by atoms with Crippen molar-refractivity contribution in [2.24, 2.45) is 5.41 Å². The summed E-state index contributed by atoms with van der Waals surface area (Å²) >= 11 is 3.91. The van der Waals surface area contributed by atoms with E-state index in [0.29, 0.717) is 21.1 Å². The molecule has 0 spiro atoms. The smallest absolute Gasteiger partial charge is 0.334 e. The summed E-state index contributed by atoms with van der Waals surface area (Å²) in [4.78, 5) is 70.4. The minimum Gasteiger partial charge on any atom is -0.508 e. The molecule has 0 aliphatic carbocycles. The van der Waals surface area contributed by atoms with Gasteiger partial charge in [-0.25, -0.2) is 14.2 Å². The van der Waals surface area contributed by atoms with Gasteiger partial charge in [0.15, 0.2) is 4.34 Å². The zero-order valence-electron chi connectivity index (χ0n) is 23.0. The first-order valence-electron chi connectivity index (χ1n) is 13.3. The number of anilines is 1. The molecule has 2 aliphatic heterocycles. The number of benzene rings is 2. The van der Waals surface area contributed by atoms with Crippen LogP contribution in [-0.2, 0) is 14.4 Å². The van der Waals surface area contributed by atoms with Gasteiger partial charge in [0.05, 0.1) is 17.6 Å². The number of hydrogen-bond donors (Lipinski definition) is 4. The topological polar surface area (TPSA) is 191 Å². The van der Waals surface area contributed by atoms with Gasteiger partial charge in [-0.15, -0.1) is 22.0 Å². The van der Waals surface area contributed by atoms with Crippen LogP contribution in [0.1, 0.15) is 5.01 Å². The van der Waals surface area contributed by atoms with Gasteiger partial charge in [0.1, 0.15) is 27.6 Å². The van der Waals surface area contributed by atoms with Gasteiger partial charge >= 0.3 is 17.7 Å². The Balaban J connectivity index is 1.20. The number of carbonyl (C=O) groups excluding carboxylic acids is 3. The molecule has 2 fully saturated rings. The fourth-order valence-electron chi connectivity index (χ4n) is 5.17. The van der Waals surface area contributed by atoms with Gasteiger partial charge in [-0.05, 0) is 43.3 Å². The molecule has 2 aliphatic rings. The number of carbonyl (C=O) groups is 4. The maximum Gasteiger partial charge on any atom is 0.334 e. The SMILES string of the molecule is Cc1nnc(SCC2(C(=O)O)CS[C@@H]3C(N(C(=O)CNC(=O)n4c(=O)[nH]c5ccccc54)c4ccc(O)cc4)C(=O)N3C2)s1. The van der Waals surface area contributed by atoms with Gasteiger partial charge in [0, 0.05) is 23.7 Å². The van der Waals surface area contributed by atoms with E-state index in [0.717, 1.165) is 9.57 Å². The molecule has 0 bridgehead atoms. The van der Waals surface area contributed by atoms with Crippen LogP contribution < -0.4 is 15.9 Å². The number of aromatic amines is 1. The van der Waals surface area contributed by atoms with E-state index in [9.17, 15) is 34.2 Å². The number of phenols is 1. The van der Waals surface area contributed by atoms with Crippen molar-refractivity contribution in [3.05, 3.63) is 64.0 Å². The zero-order valence-corrected chi connectivity index (χ0v) is 25.4. The summed E-state index contributed by atoms with van der Waals surface area (Å²) in [5.41, 5.74) is -0.811. The second-order valence-electron chi connectivity index (χ2n) is 10.3. The van der Waals surface area contributed by atoms with E-state index in [2.05, 4.69) is 20.5 Å². The number of aliphatic carboxylic acids is 1. The monoisotopic (exact) mass is 655 g/mol. The fourth-order valence-corrected chi connectivity index (χ4v) is 8.89. The number of carboxylic acids is 1. The minimum absolute atomic E-state index is 0.0437. The number of fused-ring (bicyclic) bond motifs is 2. The van der Waals surface area contributed by atoms with E-state index in [4.69, 9.17) is 0 Å². The predicted octanol–water partition coefficient (Wildman–Crippen LogP) is 1.93. The third-order valence-electron chi connectivity index (χ3n) is 7.41. The van der Waals surface area contributed by atoms with Crippen molar-refractivity contribution >= 4 is 75.4 Å². The lowest BCUT2D eigenvalue weighted by Crippen LogP contribution is -2.75. The number of imidazole rings is 1. The van der Waals surface area contributed by atoms with Crippen molar-refractivity contribution in [1.82, 2.24) is 30.0 Å². The lowest BCUT2D eigenvalue weighted by Gasteiger charge is -2.56. The summed E-state index contributed by atoms with van der Waals surface area (Å²) in [7, 11) is 0. The number of rotatable bonds is 8. The van der Waals surface area contributed by atoms with Crippen LogP contribution in [0.3, 0.4) is 0 Å². The first-order chi connectivity index (χ1) is 21.1. The fraction of sp³-hybridized carbons (Fsp3) is 0.296. The van der Waals surface area contributed by atoms with Crippen LogP contribution in [-0.4, -0.2) is 94.7 Å². The summed E-state index contributed by atoms with van der Waals surface area (Å²) < 4.78 is 1.52. The molecule has 3 atom stereocenters. The molecule has 0 radical (unpaired) electrons. The molecule has 44 heavy (non-hydrogen) atoms. The first kappa shape index (κ1) is 29.7. The Morgan fingerprint density at radius 3 is 2.61 bits per heavy atom. The Morgan fingerprint density at radius 1 is 1.16 bits per heavy atom. The highest BCUT2D eigenvalue weighted by Crippen LogP contribution is 2.46. The molecule has 17 heteroatoms. The van der Waals surface area contributed by atoms with Gasteiger partial charge in [-0.2, -0.15) is 0 Å².